The minimum Gasteiger partial charge on any atom is -0.487 e. The van der Waals surface area contributed by atoms with Gasteiger partial charge >= 0.3 is 0 Å². The Labute approximate surface area is 189 Å². The molecule has 6 heteroatoms. The maximum atomic E-state index is 14.0. The van der Waals surface area contributed by atoms with E-state index in [-0.39, 0.29) is 23.6 Å². The van der Waals surface area contributed by atoms with Crippen LogP contribution in [0.5, 0.6) is 5.75 Å². The number of allylic oxidation sites excluding steroid dienone is 1. The number of nitrogens with zero attached hydrogens (tertiary/aromatic N) is 1. The minimum absolute atomic E-state index is 0.248. The Balaban J connectivity index is 1.87. The standard InChI is InChI=1S/C22H13F2I2NO/c23-17-5-3-4-14(9-17)13-28-22-20(25)10-15(11-21(22)26)8-16(12-27)18-6-1-2-7-19(18)24/h1-11H,13H2/b16-8-. The summed E-state index contributed by atoms with van der Waals surface area (Å²) in [6.07, 6.45) is 1.65. The van der Waals surface area contributed by atoms with Gasteiger partial charge in [0.05, 0.1) is 18.8 Å². The molecule has 0 bridgehead atoms. The SMILES string of the molecule is N#C/C(=C/c1cc(I)c(OCc2cccc(F)c2)c(I)c1)c1ccccc1F. The van der Waals surface area contributed by atoms with E-state index in [1.54, 1.807) is 36.4 Å². The molecule has 2 nitrogen and oxygen atoms in total. The van der Waals surface area contributed by atoms with E-state index < -0.39 is 5.82 Å². The van der Waals surface area contributed by atoms with Gasteiger partial charge in [0, 0.05) is 5.56 Å². The number of hydrogen-bond donors (Lipinski definition) is 0. The second-order valence-corrected chi connectivity index (χ2v) is 8.21. The van der Waals surface area contributed by atoms with Gasteiger partial charge in [-0.3, -0.25) is 0 Å². The zero-order chi connectivity index (χ0) is 20.1. The van der Waals surface area contributed by atoms with Crippen molar-refractivity contribution in [3.63, 3.8) is 0 Å². The fourth-order valence-corrected chi connectivity index (χ4v) is 4.73. The molecular weight excluding hydrogens is 586 g/mol. The van der Waals surface area contributed by atoms with Gasteiger partial charge in [-0.2, -0.15) is 5.26 Å². The van der Waals surface area contributed by atoms with Crippen LogP contribution >= 0.6 is 45.2 Å². The summed E-state index contributed by atoms with van der Waals surface area (Å²) in [5.41, 5.74) is 2.02. The fraction of sp³-hybridized carbons (Fsp3) is 0.0455. The molecule has 0 N–H and O–H groups in total. The van der Waals surface area contributed by atoms with E-state index in [2.05, 4.69) is 51.3 Å². The summed E-state index contributed by atoms with van der Waals surface area (Å²) in [7, 11) is 0. The van der Waals surface area contributed by atoms with Crippen molar-refractivity contribution in [3.8, 4) is 11.8 Å². The molecule has 0 unspecified atom stereocenters. The molecule has 0 heterocycles. The first kappa shape index (κ1) is 20.7. The molecule has 0 radical (unpaired) electrons. The lowest BCUT2D eigenvalue weighted by Gasteiger charge is -2.12. The topological polar surface area (TPSA) is 33.0 Å². The Morgan fingerprint density at radius 3 is 2.36 bits per heavy atom. The van der Waals surface area contributed by atoms with Crippen molar-refractivity contribution >= 4 is 56.8 Å². The van der Waals surface area contributed by atoms with Crippen molar-refractivity contribution in [2.24, 2.45) is 0 Å². The van der Waals surface area contributed by atoms with E-state index in [4.69, 9.17) is 4.74 Å². The molecule has 0 saturated carbocycles. The highest BCUT2D eigenvalue weighted by atomic mass is 127. The third kappa shape index (κ3) is 5.08. The Kier molecular flexibility index (Phi) is 7.02. The third-order valence-corrected chi connectivity index (χ3v) is 5.49. The van der Waals surface area contributed by atoms with Gasteiger partial charge in [-0.25, -0.2) is 8.78 Å². The molecule has 3 aromatic rings. The van der Waals surface area contributed by atoms with Crippen molar-refractivity contribution in [2.45, 2.75) is 6.61 Å². The van der Waals surface area contributed by atoms with Crippen LogP contribution in [-0.4, -0.2) is 0 Å². The molecule has 3 rings (SSSR count). The van der Waals surface area contributed by atoms with Crippen molar-refractivity contribution in [1.29, 1.82) is 5.26 Å². The van der Waals surface area contributed by atoms with Gasteiger partial charge < -0.3 is 4.74 Å². The Morgan fingerprint density at radius 1 is 1.00 bits per heavy atom. The Morgan fingerprint density at radius 2 is 1.71 bits per heavy atom. The zero-order valence-corrected chi connectivity index (χ0v) is 18.7. The van der Waals surface area contributed by atoms with E-state index in [1.165, 1.54) is 18.2 Å². The molecule has 0 aliphatic rings. The van der Waals surface area contributed by atoms with Gasteiger partial charge in [0.25, 0.3) is 0 Å². The monoisotopic (exact) mass is 599 g/mol. The molecule has 0 aromatic heterocycles. The molecule has 140 valence electrons. The van der Waals surface area contributed by atoms with Gasteiger partial charge in [0.15, 0.2) is 0 Å². The van der Waals surface area contributed by atoms with Gasteiger partial charge in [-0.15, -0.1) is 0 Å². The molecular formula is C22H13F2I2NO. The maximum Gasteiger partial charge on any atom is 0.146 e. The number of rotatable bonds is 5. The molecule has 3 aromatic carbocycles. The van der Waals surface area contributed by atoms with E-state index in [0.717, 1.165) is 18.3 Å². The summed E-state index contributed by atoms with van der Waals surface area (Å²) in [4.78, 5) is 0. The second-order valence-electron chi connectivity index (χ2n) is 5.88. The predicted octanol–water partition coefficient (Wildman–Crippen LogP) is 6.82. The number of benzene rings is 3. The van der Waals surface area contributed by atoms with E-state index in [9.17, 15) is 14.0 Å². The van der Waals surface area contributed by atoms with E-state index >= 15 is 0 Å². The average Bonchev–Trinajstić information content (AvgIpc) is 2.66. The number of ether oxygens (including phenoxy) is 1. The summed E-state index contributed by atoms with van der Waals surface area (Å²) in [6, 6.07) is 18.2. The van der Waals surface area contributed by atoms with Crippen LogP contribution in [0.4, 0.5) is 8.78 Å². The summed E-state index contributed by atoms with van der Waals surface area (Å²) < 4.78 is 34.9. The Bertz CT molecular complexity index is 1070. The highest BCUT2D eigenvalue weighted by molar-refractivity contribution is 14.1. The summed E-state index contributed by atoms with van der Waals surface area (Å²) in [5, 5.41) is 9.45. The maximum absolute atomic E-state index is 14.0. The summed E-state index contributed by atoms with van der Waals surface area (Å²) in [6.45, 7) is 0.248. The first-order chi connectivity index (χ1) is 13.5. The highest BCUT2D eigenvalue weighted by Crippen LogP contribution is 2.31. The van der Waals surface area contributed by atoms with Crippen molar-refractivity contribution in [2.75, 3.05) is 0 Å². The second kappa shape index (κ2) is 9.47. The quantitative estimate of drug-likeness (QED) is 0.183. The molecule has 0 saturated heterocycles. The molecule has 0 aliphatic carbocycles. The van der Waals surface area contributed by atoms with Crippen LogP contribution in [0.2, 0.25) is 0 Å². The molecule has 28 heavy (non-hydrogen) atoms. The number of halogens is 4. The third-order valence-electron chi connectivity index (χ3n) is 3.89. The van der Waals surface area contributed by atoms with Crippen LogP contribution in [-0.2, 0) is 6.61 Å². The largest absolute Gasteiger partial charge is 0.487 e. The van der Waals surface area contributed by atoms with Crippen molar-refractivity contribution in [1.82, 2.24) is 0 Å². The molecule has 0 amide bonds. The van der Waals surface area contributed by atoms with E-state index in [1.807, 2.05) is 12.1 Å². The van der Waals surface area contributed by atoms with Crippen LogP contribution in [0.1, 0.15) is 16.7 Å². The normalized spacial score (nSPS) is 11.2. The molecule has 0 fully saturated rings. The van der Waals surface area contributed by atoms with Gasteiger partial charge in [-0.05, 0) is 92.7 Å². The van der Waals surface area contributed by atoms with Gasteiger partial charge in [-0.1, -0.05) is 30.3 Å². The fourth-order valence-electron chi connectivity index (χ4n) is 2.60. The van der Waals surface area contributed by atoms with Crippen molar-refractivity contribution in [3.05, 3.63) is 96.1 Å². The molecule has 0 spiro atoms. The smallest absolute Gasteiger partial charge is 0.146 e. The average molecular weight is 599 g/mol. The molecule has 0 atom stereocenters. The first-order valence-electron chi connectivity index (χ1n) is 8.21. The summed E-state index contributed by atoms with van der Waals surface area (Å²) in [5.74, 6) is -0.0510. The first-order valence-corrected chi connectivity index (χ1v) is 10.4. The van der Waals surface area contributed by atoms with Crippen LogP contribution in [0, 0.1) is 30.1 Å². The highest BCUT2D eigenvalue weighted by Gasteiger charge is 2.11. The van der Waals surface area contributed by atoms with Crippen molar-refractivity contribution < 1.29 is 13.5 Å². The zero-order valence-electron chi connectivity index (χ0n) is 14.4. The van der Waals surface area contributed by atoms with Gasteiger partial charge in [0.2, 0.25) is 0 Å². The lowest BCUT2D eigenvalue weighted by molar-refractivity contribution is 0.301. The summed E-state index contributed by atoms with van der Waals surface area (Å²) >= 11 is 4.30. The van der Waals surface area contributed by atoms with Crippen LogP contribution in [0.15, 0.2) is 60.7 Å². The number of nitriles is 1. The van der Waals surface area contributed by atoms with Gasteiger partial charge in [0.1, 0.15) is 24.0 Å². The lowest BCUT2D eigenvalue weighted by Crippen LogP contribution is -2.00. The molecule has 0 aliphatic heterocycles. The lowest BCUT2D eigenvalue weighted by atomic mass is 10.0. The number of hydrogen-bond acceptors (Lipinski definition) is 2. The predicted molar refractivity (Wildman–Crippen MR) is 122 cm³/mol. The van der Waals surface area contributed by atoms with Crippen LogP contribution in [0.25, 0.3) is 11.6 Å². The Hall–Kier alpha value is -1.99. The minimum atomic E-state index is -0.435. The van der Waals surface area contributed by atoms with Crippen LogP contribution in [0.3, 0.4) is 0 Å². The van der Waals surface area contributed by atoms with Crippen LogP contribution < -0.4 is 4.74 Å². The van der Waals surface area contributed by atoms with E-state index in [0.29, 0.717) is 5.75 Å².